The van der Waals surface area contributed by atoms with Gasteiger partial charge in [0.1, 0.15) is 0 Å². The van der Waals surface area contributed by atoms with E-state index in [-0.39, 0.29) is 17.4 Å². The maximum Gasteiger partial charge on any atom is 0.254 e. The molecule has 0 spiro atoms. The zero-order chi connectivity index (χ0) is 19.2. The molecule has 2 heterocycles. The molecule has 1 N–H and O–H groups in total. The fourth-order valence-corrected chi connectivity index (χ4v) is 2.73. The van der Waals surface area contributed by atoms with E-state index in [1.54, 1.807) is 31.6 Å². The predicted molar refractivity (Wildman–Crippen MR) is 105 cm³/mol. The molecule has 3 rings (SSSR count). The Morgan fingerprint density at radius 3 is 2.59 bits per heavy atom. The average molecular weight is 362 g/mol. The van der Waals surface area contributed by atoms with Crippen molar-refractivity contribution in [1.29, 1.82) is 5.41 Å². The van der Waals surface area contributed by atoms with Gasteiger partial charge in [-0.15, -0.1) is 0 Å². The van der Waals surface area contributed by atoms with Gasteiger partial charge in [0, 0.05) is 37.5 Å². The lowest BCUT2D eigenvalue weighted by molar-refractivity contribution is 0.0579. The maximum absolute atomic E-state index is 12.3. The predicted octanol–water partition coefficient (Wildman–Crippen LogP) is 3.21. The third-order valence-electron chi connectivity index (χ3n) is 4.25. The van der Waals surface area contributed by atoms with Crippen molar-refractivity contribution in [2.24, 2.45) is 7.05 Å². The van der Waals surface area contributed by atoms with Crippen LogP contribution in [0.25, 0.3) is 11.3 Å². The van der Waals surface area contributed by atoms with Crippen molar-refractivity contribution in [2.45, 2.75) is 26.1 Å². The van der Waals surface area contributed by atoms with E-state index in [9.17, 15) is 4.79 Å². The summed E-state index contributed by atoms with van der Waals surface area (Å²) in [7, 11) is 1.63. The third kappa shape index (κ3) is 4.74. The van der Waals surface area contributed by atoms with Crippen LogP contribution in [0.1, 0.15) is 24.7 Å². The highest BCUT2D eigenvalue weighted by Crippen LogP contribution is 2.15. The van der Waals surface area contributed by atoms with Crippen LogP contribution in [0.5, 0.6) is 0 Å². The maximum atomic E-state index is 12.3. The number of pyridine rings is 1. The van der Waals surface area contributed by atoms with Gasteiger partial charge in [0.2, 0.25) is 0 Å². The minimum atomic E-state index is -0.200. The van der Waals surface area contributed by atoms with Gasteiger partial charge >= 0.3 is 0 Å². The van der Waals surface area contributed by atoms with E-state index in [1.165, 1.54) is 10.6 Å². The first-order valence-electron chi connectivity index (χ1n) is 8.76. The lowest BCUT2D eigenvalue weighted by atomic mass is 10.1. The summed E-state index contributed by atoms with van der Waals surface area (Å²) >= 11 is 0. The molecule has 0 aliphatic rings. The van der Waals surface area contributed by atoms with Crippen LogP contribution in [0, 0.1) is 5.41 Å². The zero-order valence-corrected chi connectivity index (χ0v) is 15.4. The lowest BCUT2D eigenvalue weighted by Crippen LogP contribution is -2.26. The second-order valence-electron chi connectivity index (χ2n) is 6.39. The standard InChI is InChI=1S/C21H22N4O2/c1-15(27-14-16-6-4-3-5-7-16)12-18(22)21-24-19(13-20(26)25(21)2)17-8-10-23-11-9-17/h3-11,13,15,22H,12,14H2,1-2H3. The molecule has 0 amide bonds. The second-order valence-corrected chi connectivity index (χ2v) is 6.39. The summed E-state index contributed by atoms with van der Waals surface area (Å²) in [5.74, 6) is 0.351. The fourth-order valence-electron chi connectivity index (χ4n) is 2.73. The van der Waals surface area contributed by atoms with Crippen molar-refractivity contribution in [1.82, 2.24) is 14.5 Å². The summed E-state index contributed by atoms with van der Waals surface area (Å²) in [5.41, 5.74) is 2.49. The number of hydrogen-bond acceptors (Lipinski definition) is 5. The van der Waals surface area contributed by atoms with Crippen molar-refractivity contribution in [2.75, 3.05) is 0 Å². The molecule has 0 aliphatic carbocycles. The highest BCUT2D eigenvalue weighted by molar-refractivity contribution is 5.95. The molecule has 6 heteroatoms. The molecule has 138 valence electrons. The van der Waals surface area contributed by atoms with Gasteiger partial charge in [-0.3, -0.25) is 14.3 Å². The van der Waals surface area contributed by atoms with E-state index in [0.717, 1.165) is 11.1 Å². The van der Waals surface area contributed by atoms with Crippen molar-refractivity contribution < 1.29 is 4.74 Å². The van der Waals surface area contributed by atoms with Crippen LogP contribution in [-0.4, -0.2) is 26.4 Å². The van der Waals surface area contributed by atoms with Gasteiger partial charge in [0.15, 0.2) is 5.82 Å². The largest absolute Gasteiger partial charge is 0.373 e. The number of rotatable bonds is 7. The molecule has 0 bridgehead atoms. The third-order valence-corrected chi connectivity index (χ3v) is 4.25. The minimum Gasteiger partial charge on any atom is -0.373 e. The smallest absolute Gasteiger partial charge is 0.254 e. The molecule has 6 nitrogen and oxygen atoms in total. The summed E-state index contributed by atoms with van der Waals surface area (Å²) in [6, 6.07) is 15.0. The summed E-state index contributed by atoms with van der Waals surface area (Å²) < 4.78 is 7.24. The van der Waals surface area contributed by atoms with Crippen LogP contribution in [0.4, 0.5) is 0 Å². The van der Waals surface area contributed by atoms with Gasteiger partial charge in [0.05, 0.1) is 24.1 Å². The molecule has 3 aromatic rings. The van der Waals surface area contributed by atoms with Crippen molar-refractivity contribution in [3.63, 3.8) is 0 Å². The Kier molecular flexibility index (Phi) is 5.88. The molecule has 0 fully saturated rings. The van der Waals surface area contributed by atoms with Crippen LogP contribution in [0.2, 0.25) is 0 Å². The van der Waals surface area contributed by atoms with E-state index in [4.69, 9.17) is 10.1 Å². The number of hydrogen-bond donors (Lipinski definition) is 1. The molecule has 0 aliphatic heterocycles. The van der Waals surface area contributed by atoms with E-state index in [0.29, 0.717) is 24.5 Å². The van der Waals surface area contributed by atoms with Gasteiger partial charge in [-0.05, 0) is 24.6 Å². The van der Waals surface area contributed by atoms with Crippen LogP contribution in [-0.2, 0) is 18.4 Å². The Labute approximate surface area is 158 Å². The summed E-state index contributed by atoms with van der Waals surface area (Å²) in [5, 5.41) is 8.43. The number of aromatic nitrogens is 3. The number of nitrogens with zero attached hydrogens (tertiary/aromatic N) is 3. The Balaban J connectivity index is 1.74. The molecular weight excluding hydrogens is 340 g/mol. The Bertz CT molecular complexity index is 968. The first-order valence-corrected chi connectivity index (χ1v) is 8.76. The van der Waals surface area contributed by atoms with E-state index in [2.05, 4.69) is 9.97 Å². The van der Waals surface area contributed by atoms with Crippen LogP contribution in [0.15, 0.2) is 65.7 Å². The van der Waals surface area contributed by atoms with Crippen LogP contribution in [0.3, 0.4) is 0 Å². The monoisotopic (exact) mass is 362 g/mol. The highest BCUT2D eigenvalue weighted by atomic mass is 16.5. The van der Waals surface area contributed by atoms with Gasteiger partial charge in [-0.25, -0.2) is 4.98 Å². The second kappa shape index (κ2) is 8.51. The van der Waals surface area contributed by atoms with Crippen molar-refractivity contribution in [3.05, 3.63) is 82.7 Å². The van der Waals surface area contributed by atoms with Gasteiger partial charge in [-0.2, -0.15) is 0 Å². The first-order chi connectivity index (χ1) is 13.0. The highest BCUT2D eigenvalue weighted by Gasteiger charge is 2.15. The quantitative estimate of drug-likeness (QED) is 0.655. The van der Waals surface area contributed by atoms with E-state index in [1.807, 2.05) is 37.3 Å². The summed E-state index contributed by atoms with van der Waals surface area (Å²) in [6.45, 7) is 2.40. The minimum absolute atomic E-state index is 0.167. The fraction of sp³-hybridized carbons (Fsp3) is 0.238. The number of ether oxygens (including phenoxy) is 1. The molecule has 1 aromatic carbocycles. The van der Waals surface area contributed by atoms with Gasteiger partial charge in [-0.1, -0.05) is 30.3 Å². The molecule has 0 saturated heterocycles. The van der Waals surface area contributed by atoms with E-state index < -0.39 is 0 Å². The molecule has 2 aromatic heterocycles. The average Bonchev–Trinajstić information content (AvgIpc) is 2.69. The first kappa shape index (κ1) is 18.7. The molecule has 27 heavy (non-hydrogen) atoms. The van der Waals surface area contributed by atoms with Crippen LogP contribution >= 0.6 is 0 Å². The Morgan fingerprint density at radius 2 is 1.89 bits per heavy atom. The lowest BCUT2D eigenvalue weighted by Gasteiger charge is -2.15. The van der Waals surface area contributed by atoms with E-state index >= 15 is 0 Å². The Hall–Kier alpha value is -3.12. The molecule has 1 atom stereocenters. The van der Waals surface area contributed by atoms with Crippen molar-refractivity contribution in [3.8, 4) is 11.3 Å². The summed E-state index contributed by atoms with van der Waals surface area (Å²) in [6.07, 6.45) is 3.50. The van der Waals surface area contributed by atoms with Gasteiger partial charge < -0.3 is 10.1 Å². The van der Waals surface area contributed by atoms with Gasteiger partial charge in [0.25, 0.3) is 5.56 Å². The zero-order valence-electron chi connectivity index (χ0n) is 15.4. The number of nitrogens with one attached hydrogen (secondary N) is 1. The van der Waals surface area contributed by atoms with Crippen molar-refractivity contribution >= 4 is 5.71 Å². The molecule has 1 unspecified atom stereocenters. The summed E-state index contributed by atoms with van der Waals surface area (Å²) in [4.78, 5) is 20.8. The molecule has 0 radical (unpaired) electrons. The molecule has 0 saturated carbocycles. The topological polar surface area (TPSA) is 80.9 Å². The SMILES string of the molecule is CC(CC(=N)c1nc(-c2ccncc2)cc(=O)n1C)OCc1ccccc1. The molecular formula is C21H22N4O2. The Morgan fingerprint density at radius 1 is 1.19 bits per heavy atom. The normalized spacial score (nSPS) is 11.9. The number of benzene rings is 1. The van der Waals surface area contributed by atoms with Crippen LogP contribution < -0.4 is 5.56 Å².